The number of halogens is 1. The predicted molar refractivity (Wildman–Crippen MR) is 93.3 cm³/mol. The molecule has 5 nitrogen and oxygen atoms in total. The van der Waals surface area contributed by atoms with Crippen molar-refractivity contribution in [3.05, 3.63) is 29.8 Å². The van der Waals surface area contributed by atoms with Crippen LogP contribution in [-0.4, -0.2) is 34.8 Å². The second kappa shape index (κ2) is 6.37. The summed E-state index contributed by atoms with van der Waals surface area (Å²) in [5.74, 6) is 1.47. The lowest BCUT2D eigenvalue weighted by atomic mass is 9.83. The standard InChI is InChI=1S/C18H22ClN3O2/c1-13-10-22(12-18(24-13)6-3-2-4-7-18)16-9-15(19)20-17(21-16)14-5-8-23-11-14/h5,8-9,11,13H,2-4,6-7,10,12H2,1H3. The third-order valence-electron chi connectivity index (χ3n) is 4.96. The van der Waals surface area contributed by atoms with E-state index in [4.69, 9.17) is 25.7 Å². The summed E-state index contributed by atoms with van der Waals surface area (Å²) < 4.78 is 11.5. The summed E-state index contributed by atoms with van der Waals surface area (Å²) in [5, 5.41) is 0.452. The second-order valence-corrected chi connectivity index (χ2v) is 7.32. The van der Waals surface area contributed by atoms with Gasteiger partial charge in [-0.3, -0.25) is 0 Å². The number of furan rings is 1. The molecule has 1 spiro atoms. The van der Waals surface area contributed by atoms with Crippen LogP contribution in [0, 0.1) is 0 Å². The molecule has 2 aliphatic rings. The molecule has 0 amide bonds. The van der Waals surface area contributed by atoms with Gasteiger partial charge in [0.2, 0.25) is 0 Å². The van der Waals surface area contributed by atoms with E-state index < -0.39 is 0 Å². The van der Waals surface area contributed by atoms with Gasteiger partial charge in [-0.25, -0.2) is 9.97 Å². The molecule has 0 N–H and O–H groups in total. The van der Waals surface area contributed by atoms with Crippen molar-refractivity contribution in [2.45, 2.75) is 50.7 Å². The van der Waals surface area contributed by atoms with Crippen LogP contribution in [0.5, 0.6) is 0 Å². The maximum atomic E-state index is 6.37. The van der Waals surface area contributed by atoms with Crippen LogP contribution in [0.15, 0.2) is 29.1 Å². The first-order chi connectivity index (χ1) is 11.6. The van der Waals surface area contributed by atoms with Gasteiger partial charge in [0.25, 0.3) is 0 Å². The number of rotatable bonds is 2. The van der Waals surface area contributed by atoms with Crippen molar-refractivity contribution in [1.82, 2.24) is 9.97 Å². The van der Waals surface area contributed by atoms with Gasteiger partial charge in [0.1, 0.15) is 17.2 Å². The Bertz CT molecular complexity index is 698. The molecule has 128 valence electrons. The molecule has 1 aliphatic heterocycles. The van der Waals surface area contributed by atoms with E-state index in [-0.39, 0.29) is 11.7 Å². The summed E-state index contributed by atoms with van der Waals surface area (Å²) in [6.07, 6.45) is 9.48. The minimum absolute atomic E-state index is 0.0385. The van der Waals surface area contributed by atoms with Gasteiger partial charge in [0.15, 0.2) is 5.82 Å². The maximum absolute atomic E-state index is 6.37. The van der Waals surface area contributed by atoms with Crippen molar-refractivity contribution in [3.8, 4) is 11.4 Å². The number of anilines is 1. The van der Waals surface area contributed by atoms with Crippen LogP contribution in [0.2, 0.25) is 5.15 Å². The molecule has 2 fully saturated rings. The van der Waals surface area contributed by atoms with Crippen molar-refractivity contribution in [2.75, 3.05) is 18.0 Å². The van der Waals surface area contributed by atoms with Crippen molar-refractivity contribution < 1.29 is 9.15 Å². The fourth-order valence-electron chi connectivity index (χ4n) is 3.96. The number of nitrogens with zero attached hydrogens (tertiary/aromatic N) is 3. The minimum Gasteiger partial charge on any atom is -0.472 e. The van der Waals surface area contributed by atoms with E-state index in [9.17, 15) is 0 Å². The Balaban J connectivity index is 1.65. The minimum atomic E-state index is -0.0385. The summed E-state index contributed by atoms with van der Waals surface area (Å²) in [4.78, 5) is 11.4. The van der Waals surface area contributed by atoms with Gasteiger partial charge in [-0.15, -0.1) is 0 Å². The third-order valence-corrected chi connectivity index (χ3v) is 5.15. The summed E-state index contributed by atoms with van der Waals surface area (Å²) in [6.45, 7) is 3.83. The fourth-order valence-corrected chi connectivity index (χ4v) is 4.14. The molecular formula is C18H22ClN3O2. The molecule has 1 saturated carbocycles. The predicted octanol–water partition coefficient (Wildman–Crippen LogP) is 4.32. The second-order valence-electron chi connectivity index (χ2n) is 6.94. The first-order valence-corrected chi connectivity index (χ1v) is 9.01. The summed E-state index contributed by atoms with van der Waals surface area (Å²) in [6, 6.07) is 3.69. The first kappa shape index (κ1) is 15.9. The van der Waals surface area contributed by atoms with E-state index in [1.807, 2.05) is 12.1 Å². The number of morpholine rings is 1. The monoisotopic (exact) mass is 347 g/mol. The van der Waals surface area contributed by atoms with Crippen LogP contribution in [0.4, 0.5) is 5.82 Å². The number of aromatic nitrogens is 2. The highest BCUT2D eigenvalue weighted by molar-refractivity contribution is 6.29. The fraction of sp³-hybridized carbons (Fsp3) is 0.556. The molecule has 3 heterocycles. The van der Waals surface area contributed by atoms with Crippen molar-refractivity contribution in [3.63, 3.8) is 0 Å². The SMILES string of the molecule is CC1CN(c2cc(Cl)nc(-c3ccoc3)n2)CC2(CCCCC2)O1. The Morgan fingerprint density at radius 1 is 1.25 bits per heavy atom. The van der Waals surface area contributed by atoms with E-state index in [0.29, 0.717) is 11.0 Å². The molecule has 0 bridgehead atoms. The molecule has 1 atom stereocenters. The van der Waals surface area contributed by atoms with Gasteiger partial charge in [-0.2, -0.15) is 0 Å². The average Bonchev–Trinajstić information content (AvgIpc) is 3.09. The number of hydrogen-bond acceptors (Lipinski definition) is 5. The van der Waals surface area contributed by atoms with Gasteiger partial charge in [-0.1, -0.05) is 30.9 Å². The molecular weight excluding hydrogens is 326 g/mol. The molecule has 1 unspecified atom stereocenters. The quantitative estimate of drug-likeness (QED) is 0.757. The average molecular weight is 348 g/mol. The maximum Gasteiger partial charge on any atom is 0.166 e. The normalized spacial score (nSPS) is 23.6. The molecule has 2 aromatic rings. The Morgan fingerprint density at radius 3 is 2.83 bits per heavy atom. The number of hydrogen-bond donors (Lipinski definition) is 0. The Morgan fingerprint density at radius 2 is 2.08 bits per heavy atom. The van der Waals surface area contributed by atoms with E-state index >= 15 is 0 Å². The van der Waals surface area contributed by atoms with E-state index in [0.717, 1.165) is 37.3 Å². The molecule has 6 heteroatoms. The van der Waals surface area contributed by atoms with Gasteiger partial charge in [-0.05, 0) is 25.8 Å². The van der Waals surface area contributed by atoms with E-state index in [2.05, 4.69) is 16.8 Å². The topological polar surface area (TPSA) is 51.4 Å². The van der Waals surface area contributed by atoms with Crippen molar-refractivity contribution in [1.29, 1.82) is 0 Å². The highest BCUT2D eigenvalue weighted by Gasteiger charge is 2.40. The Kier molecular flexibility index (Phi) is 4.22. The summed E-state index contributed by atoms with van der Waals surface area (Å²) in [7, 11) is 0. The van der Waals surface area contributed by atoms with Crippen molar-refractivity contribution in [2.24, 2.45) is 0 Å². The lowest BCUT2D eigenvalue weighted by molar-refractivity contribution is -0.117. The van der Waals surface area contributed by atoms with Gasteiger partial charge in [0, 0.05) is 19.2 Å². The van der Waals surface area contributed by atoms with E-state index in [1.165, 1.54) is 19.3 Å². The van der Waals surface area contributed by atoms with Crippen LogP contribution < -0.4 is 4.90 Å². The zero-order chi connectivity index (χ0) is 16.6. The van der Waals surface area contributed by atoms with Gasteiger partial charge < -0.3 is 14.1 Å². The van der Waals surface area contributed by atoms with Crippen LogP contribution in [0.3, 0.4) is 0 Å². The number of ether oxygens (including phenoxy) is 1. The molecule has 2 aromatic heterocycles. The van der Waals surface area contributed by atoms with Crippen LogP contribution in [0.25, 0.3) is 11.4 Å². The lowest BCUT2D eigenvalue weighted by Crippen LogP contribution is -2.56. The van der Waals surface area contributed by atoms with Crippen LogP contribution in [-0.2, 0) is 4.74 Å². The van der Waals surface area contributed by atoms with Crippen LogP contribution in [0.1, 0.15) is 39.0 Å². The largest absolute Gasteiger partial charge is 0.472 e. The molecule has 0 radical (unpaired) electrons. The van der Waals surface area contributed by atoms with Crippen molar-refractivity contribution >= 4 is 17.4 Å². The molecule has 4 rings (SSSR count). The highest BCUT2D eigenvalue weighted by Crippen LogP contribution is 2.37. The summed E-state index contributed by atoms with van der Waals surface area (Å²) >= 11 is 6.26. The zero-order valence-corrected chi connectivity index (χ0v) is 14.6. The molecule has 0 aromatic carbocycles. The van der Waals surface area contributed by atoms with E-state index in [1.54, 1.807) is 12.5 Å². The first-order valence-electron chi connectivity index (χ1n) is 8.63. The molecule has 1 saturated heterocycles. The Hall–Kier alpha value is -1.59. The molecule has 24 heavy (non-hydrogen) atoms. The van der Waals surface area contributed by atoms with Crippen LogP contribution >= 0.6 is 11.6 Å². The highest BCUT2D eigenvalue weighted by atomic mass is 35.5. The molecule has 1 aliphatic carbocycles. The Labute approximate surface area is 147 Å². The third kappa shape index (κ3) is 3.15. The zero-order valence-electron chi connectivity index (χ0n) is 13.9. The summed E-state index contributed by atoms with van der Waals surface area (Å²) in [5.41, 5.74) is 0.802. The lowest BCUT2D eigenvalue weighted by Gasteiger charge is -2.48. The van der Waals surface area contributed by atoms with Gasteiger partial charge >= 0.3 is 0 Å². The van der Waals surface area contributed by atoms with Gasteiger partial charge in [0.05, 0.1) is 23.5 Å². The smallest absolute Gasteiger partial charge is 0.166 e.